The molecule has 1 saturated heterocycles. The molecule has 12 heteroatoms. The van der Waals surface area contributed by atoms with Crippen molar-refractivity contribution in [2.45, 2.75) is 18.0 Å². The van der Waals surface area contributed by atoms with Gasteiger partial charge in [-0.1, -0.05) is 11.6 Å². The number of aliphatic hydroxyl groups excluding tert-OH is 1. The highest BCUT2D eigenvalue weighted by Crippen LogP contribution is 2.24. The Morgan fingerprint density at radius 2 is 1.97 bits per heavy atom. The van der Waals surface area contributed by atoms with Crippen LogP contribution in [0.2, 0.25) is 5.02 Å². The smallest absolute Gasteiger partial charge is 0.338 e. The van der Waals surface area contributed by atoms with E-state index in [-0.39, 0.29) is 51.6 Å². The first-order valence-electron chi connectivity index (χ1n) is 10.1. The van der Waals surface area contributed by atoms with Gasteiger partial charge < -0.3 is 19.1 Å². The molecule has 0 atom stereocenters. The zero-order valence-corrected chi connectivity index (χ0v) is 19.0. The molecule has 3 aromatic rings. The Morgan fingerprint density at radius 1 is 1.21 bits per heavy atom. The van der Waals surface area contributed by atoms with E-state index in [0.717, 1.165) is 22.5 Å². The van der Waals surface area contributed by atoms with Crippen molar-refractivity contribution in [3.63, 3.8) is 0 Å². The van der Waals surface area contributed by atoms with Crippen LogP contribution in [0.15, 0.2) is 41.3 Å². The number of halogens is 2. The van der Waals surface area contributed by atoms with Crippen molar-refractivity contribution in [3.05, 3.63) is 58.6 Å². The highest BCUT2D eigenvalue weighted by molar-refractivity contribution is 7.89. The van der Waals surface area contributed by atoms with Gasteiger partial charge in [0.2, 0.25) is 10.0 Å². The molecule has 33 heavy (non-hydrogen) atoms. The third-order valence-electron chi connectivity index (χ3n) is 5.20. The van der Waals surface area contributed by atoms with Gasteiger partial charge in [-0.15, -0.1) is 0 Å². The maximum atomic E-state index is 14.4. The number of hydrogen-bond acceptors (Lipinski definition) is 7. The molecular formula is C21H21ClFN3O6S. The van der Waals surface area contributed by atoms with Crippen LogP contribution in [0.4, 0.5) is 4.39 Å². The van der Waals surface area contributed by atoms with Crippen LogP contribution in [0.1, 0.15) is 16.2 Å². The fourth-order valence-corrected chi connectivity index (χ4v) is 5.24. The lowest BCUT2D eigenvalue weighted by atomic mass is 10.2. The Morgan fingerprint density at radius 3 is 2.70 bits per heavy atom. The largest absolute Gasteiger partial charge is 0.454 e. The van der Waals surface area contributed by atoms with E-state index in [1.54, 1.807) is 22.8 Å². The maximum absolute atomic E-state index is 14.4. The van der Waals surface area contributed by atoms with Gasteiger partial charge in [-0.3, -0.25) is 0 Å². The fraction of sp³-hybridized carbons (Fsp3) is 0.333. The number of fused-ring (bicyclic) bond motifs is 1. The molecule has 1 aliphatic rings. The molecule has 0 radical (unpaired) electrons. The summed E-state index contributed by atoms with van der Waals surface area (Å²) in [6, 6.07) is 8.12. The van der Waals surface area contributed by atoms with E-state index in [2.05, 4.69) is 4.98 Å². The van der Waals surface area contributed by atoms with E-state index in [1.807, 2.05) is 0 Å². The molecule has 0 unspecified atom stereocenters. The van der Waals surface area contributed by atoms with E-state index >= 15 is 0 Å². The molecule has 0 spiro atoms. The second-order valence-corrected chi connectivity index (χ2v) is 9.62. The summed E-state index contributed by atoms with van der Waals surface area (Å²) >= 11 is 6.05. The van der Waals surface area contributed by atoms with Crippen LogP contribution in [-0.2, 0) is 32.6 Å². The van der Waals surface area contributed by atoms with E-state index in [1.165, 1.54) is 0 Å². The Hall–Kier alpha value is -2.57. The van der Waals surface area contributed by atoms with Gasteiger partial charge >= 0.3 is 5.97 Å². The lowest BCUT2D eigenvalue weighted by Crippen LogP contribution is -2.41. The SMILES string of the molecule is O=C(OCc1nc2ccc(Cl)cc2n1CCO)c1ccc(F)c(S(=O)(=O)N2CCOCC2)c1. The number of benzene rings is 2. The summed E-state index contributed by atoms with van der Waals surface area (Å²) in [6.07, 6.45) is 0. The number of ether oxygens (including phenoxy) is 2. The number of aliphatic hydroxyl groups is 1. The van der Waals surface area contributed by atoms with Crippen LogP contribution in [0.3, 0.4) is 0 Å². The minimum atomic E-state index is -4.14. The van der Waals surface area contributed by atoms with Crippen molar-refractivity contribution < 1.29 is 32.2 Å². The molecule has 0 saturated carbocycles. The Balaban J connectivity index is 1.56. The molecule has 176 valence electrons. The van der Waals surface area contributed by atoms with Crippen LogP contribution in [0.5, 0.6) is 0 Å². The first kappa shape index (κ1) is 23.6. The second-order valence-electron chi connectivity index (χ2n) is 7.27. The summed E-state index contributed by atoms with van der Waals surface area (Å²) in [7, 11) is -4.14. The summed E-state index contributed by atoms with van der Waals surface area (Å²) in [6.45, 7) is 0.421. The molecule has 0 aliphatic carbocycles. The number of imidazole rings is 1. The lowest BCUT2D eigenvalue weighted by molar-refractivity contribution is 0.0457. The summed E-state index contributed by atoms with van der Waals surface area (Å²) < 4.78 is 53.3. The van der Waals surface area contributed by atoms with Crippen molar-refractivity contribution in [3.8, 4) is 0 Å². The Kier molecular flexibility index (Phi) is 6.96. The molecule has 2 heterocycles. The predicted molar refractivity (Wildman–Crippen MR) is 117 cm³/mol. The van der Waals surface area contributed by atoms with E-state index in [9.17, 15) is 22.7 Å². The molecule has 2 aromatic carbocycles. The molecule has 0 amide bonds. The number of esters is 1. The number of rotatable bonds is 7. The molecule has 0 bridgehead atoms. The van der Waals surface area contributed by atoms with Gasteiger partial charge in [-0.25, -0.2) is 22.6 Å². The van der Waals surface area contributed by atoms with Gasteiger partial charge in [-0.2, -0.15) is 4.31 Å². The molecule has 4 rings (SSSR count). The molecule has 9 nitrogen and oxygen atoms in total. The summed E-state index contributed by atoms with van der Waals surface area (Å²) in [5.74, 6) is -1.42. The molecular weight excluding hydrogens is 477 g/mol. The third kappa shape index (κ3) is 4.87. The normalized spacial score (nSPS) is 15.1. The number of sulfonamides is 1. The van der Waals surface area contributed by atoms with Crippen molar-refractivity contribution in [1.82, 2.24) is 13.9 Å². The van der Waals surface area contributed by atoms with E-state index in [0.29, 0.717) is 21.9 Å². The van der Waals surface area contributed by atoms with Gasteiger partial charge in [-0.05, 0) is 36.4 Å². The van der Waals surface area contributed by atoms with E-state index in [4.69, 9.17) is 21.1 Å². The zero-order chi connectivity index (χ0) is 23.6. The molecule has 1 N–H and O–H groups in total. The van der Waals surface area contributed by atoms with Gasteiger partial charge in [0.15, 0.2) is 0 Å². The van der Waals surface area contributed by atoms with Crippen LogP contribution in [0, 0.1) is 5.82 Å². The number of hydrogen-bond donors (Lipinski definition) is 1. The second kappa shape index (κ2) is 9.74. The maximum Gasteiger partial charge on any atom is 0.338 e. The molecule has 1 fully saturated rings. The topological polar surface area (TPSA) is 111 Å². The quantitative estimate of drug-likeness (QED) is 0.498. The lowest BCUT2D eigenvalue weighted by Gasteiger charge is -2.26. The van der Waals surface area contributed by atoms with E-state index < -0.39 is 26.7 Å². The van der Waals surface area contributed by atoms with Crippen molar-refractivity contribution in [1.29, 1.82) is 0 Å². The number of morpholine rings is 1. The number of carbonyl (C=O) groups excluding carboxylic acids is 1. The summed E-state index contributed by atoms with van der Waals surface area (Å²) in [4.78, 5) is 16.5. The summed E-state index contributed by atoms with van der Waals surface area (Å²) in [5.41, 5.74) is 1.17. The summed E-state index contributed by atoms with van der Waals surface area (Å²) in [5, 5.41) is 9.88. The molecule has 1 aromatic heterocycles. The van der Waals surface area contributed by atoms with Crippen molar-refractivity contribution in [2.75, 3.05) is 32.9 Å². The first-order valence-corrected chi connectivity index (χ1v) is 11.9. The first-order chi connectivity index (χ1) is 15.8. The highest BCUT2D eigenvalue weighted by Gasteiger charge is 2.30. The van der Waals surface area contributed by atoms with Gasteiger partial charge in [0, 0.05) is 24.7 Å². The van der Waals surface area contributed by atoms with Gasteiger partial charge in [0.25, 0.3) is 0 Å². The van der Waals surface area contributed by atoms with Gasteiger partial charge in [0.1, 0.15) is 23.1 Å². The van der Waals surface area contributed by atoms with Crippen molar-refractivity contribution in [2.24, 2.45) is 0 Å². The minimum Gasteiger partial charge on any atom is -0.454 e. The minimum absolute atomic E-state index is 0.0987. The Labute approximate surface area is 194 Å². The van der Waals surface area contributed by atoms with Crippen LogP contribution in [0.25, 0.3) is 11.0 Å². The average Bonchev–Trinajstić information content (AvgIpc) is 3.15. The van der Waals surface area contributed by atoms with Crippen LogP contribution in [-0.4, -0.2) is 66.3 Å². The molecule has 1 aliphatic heterocycles. The van der Waals surface area contributed by atoms with Crippen molar-refractivity contribution >= 4 is 38.6 Å². The standard InChI is InChI=1S/C21H21ClFN3O6S/c22-15-2-4-17-18(12-15)26(5-8-27)20(24-17)13-32-21(28)14-1-3-16(23)19(11-14)33(29,30)25-6-9-31-10-7-25/h1-4,11-12,27H,5-10,13H2. The van der Waals surface area contributed by atoms with Crippen LogP contribution >= 0.6 is 11.6 Å². The van der Waals surface area contributed by atoms with Gasteiger partial charge in [0.05, 0.1) is 36.4 Å². The number of aromatic nitrogens is 2. The number of nitrogens with zero attached hydrogens (tertiary/aromatic N) is 3. The average molecular weight is 498 g/mol. The zero-order valence-electron chi connectivity index (χ0n) is 17.4. The number of carbonyl (C=O) groups is 1. The predicted octanol–water partition coefficient (Wildman–Crippen LogP) is 2.20. The fourth-order valence-electron chi connectivity index (χ4n) is 3.57. The monoisotopic (exact) mass is 497 g/mol. The third-order valence-corrected chi connectivity index (χ3v) is 7.35. The highest BCUT2D eigenvalue weighted by atomic mass is 35.5. The van der Waals surface area contributed by atoms with Crippen LogP contribution < -0.4 is 0 Å². The Bertz CT molecular complexity index is 1290.